The van der Waals surface area contributed by atoms with Crippen LogP contribution in [0.1, 0.15) is 35.1 Å². The van der Waals surface area contributed by atoms with Crippen molar-refractivity contribution in [3.8, 4) is 0 Å². The molecule has 1 aliphatic rings. The van der Waals surface area contributed by atoms with E-state index in [2.05, 4.69) is 59.4 Å². The van der Waals surface area contributed by atoms with Gasteiger partial charge < -0.3 is 15.3 Å². The number of aliphatic hydroxyl groups is 1. The fourth-order valence-corrected chi connectivity index (χ4v) is 3.44. The van der Waals surface area contributed by atoms with Crippen LogP contribution in [0.2, 0.25) is 0 Å². The van der Waals surface area contributed by atoms with Gasteiger partial charge in [-0.2, -0.15) is 0 Å². The van der Waals surface area contributed by atoms with Crippen LogP contribution in [0.5, 0.6) is 0 Å². The van der Waals surface area contributed by atoms with Crippen molar-refractivity contribution >= 4 is 5.82 Å². The molecular weight excluding hydrogens is 310 g/mol. The van der Waals surface area contributed by atoms with Crippen LogP contribution in [-0.2, 0) is 13.1 Å². The largest absolute Gasteiger partial charge is 0.396 e. The van der Waals surface area contributed by atoms with Crippen molar-refractivity contribution in [3.05, 3.63) is 58.8 Å². The SMILES string of the molecule is Cc1ccc(CNCc2ccc(N3CCC(CO)CC3)nc2)c(C)c1. The molecule has 0 atom stereocenters. The smallest absolute Gasteiger partial charge is 0.128 e. The van der Waals surface area contributed by atoms with Crippen LogP contribution in [0, 0.1) is 19.8 Å². The number of benzene rings is 1. The summed E-state index contributed by atoms with van der Waals surface area (Å²) in [4.78, 5) is 6.95. The molecule has 2 N–H and O–H groups in total. The number of nitrogens with one attached hydrogen (secondary N) is 1. The molecule has 0 unspecified atom stereocenters. The van der Waals surface area contributed by atoms with Gasteiger partial charge in [0.25, 0.3) is 0 Å². The minimum atomic E-state index is 0.312. The monoisotopic (exact) mass is 339 g/mol. The normalized spacial score (nSPS) is 15.6. The first-order valence-corrected chi connectivity index (χ1v) is 9.23. The molecule has 0 spiro atoms. The minimum absolute atomic E-state index is 0.312. The molecule has 0 aliphatic carbocycles. The molecule has 1 fully saturated rings. The molecule has 25 heavy (non-hydrogen) atoms. The second-order valence-electron chi connectivity index (χ2n) is 7.17. The van der Waals surface area contributed by atoms with Gasteiger partial charge in [0.1, 0.15) is 5.82 Å². The van der Waals surface area contributed by atoms with E-state index in [0.29, 0.717) is 12.5 Å². The molecule has 1 aliphatic heterocycles. The average Bonchev–Trinajstić information content (AvgIpc) is 2.64. The topological polar surface area (TPSA) is 48.4 Å². The number of aliphatic hydroxyl groups excluding tert-OH is 1. The van der Waals surface area contributed by atoms with E-state index in [-0.39, 0.29) is 0 Å². The fraction of sp³-hybridized carbons (Fsp3) is 0.476. The molecule has 1 aromatic carbocycles. The summed E-state index contributed by atoms with van der Waals surface area (Å²) in [5, 5.41) is 12.7. The summed E-state index contributed by atoms with van der Waals surface area (Å²) in [6.45, 7) is 8.29. The van der Waals surface area contributed by atoms with Crippen LogP contribution in [0.3, 0.4) is 0 Å². The Kier molecular flexibility index (Phi) is 6.05. The van der Waals surface area contributed by atoms with Gasteiger partial charge in [-0.25, -0.2) is 4.98 Å². The lowest BCUT2D eigenvalue weighted by molar-refractivity contribution is 0.203. The lowest BCUT2D eigenvalue weighted by Crippen LogP contribution is -2.35. The fourth-order valence-electron chi connectivity index (χ4n) is 3.44. The predicted molar refractivity (Wildman–Crippen MR) is 103 cm³/mol. The Morgan fingerprint density at radius 1 is 1.12 bits per heavy atom. The summed E-state index contributed by atoms with van der Waals surface area (Å²) in [7, 11) is 0. The van der Waals surface area contributed by atoms with Gasteiger partial charge in [0.05, 0.1) is 0 Å². The Hall–Kier alpha value is -1.91. The number of hydrogen-bond donors (Lipinski definition) is 2. The molecule has 2 aromatic rings. The summed E-state index contributed by atoms with van der Waals surface area (Å²) in [6.07, 6.45) is 4.08. The molecule has 4 nitrogen and oxygen atoms in total. The summed E-state index contributed by atoms with van der Waals surface area (Å²) < 4.78 is 0. The van der Waals surface area contributed by atoms with Gasteiger partial charge in [-0.05, 0) is 55.4 Å². The quantitative estimate of drug-likeness (QED) is 0.848. The van der Waals surface area contributed by atoms with Gasteiger partial charge in [-0.3, -0.25) is 0 Å². The van der Waals surface area contributed by atoms with Crippen LogP contribution in [-0.4, -0.2) is 29.8 Å². The number of aromatic nitrogens is 1. The van der Waals surface area contributed by atoms with Crippen LogP contribution < -0.4 is 10.2 Å². The van der Waals surface area contributed by atoms with E-state index in [1.807, 2.05) is 6.20 Å². The highest BCUT2D eigenvalue weighted by atomic mass is 16.3. The summed E-state index contributed by atoms with van der Waals surface area (Å²) in [5.41, 5.74) is 5.21. The van der Waals surface area contributed by atoms with E-state index in [9.17, 15) is 5.11 Å². The second kappa shape index (κ2) is 8.45. The Bertz CT molecular complexity index is 676. The van der Waals surface area contributed by atoms with E-state index >= 15 is 0 Å². The molecule has 134 valence electrons. The highest BCUT2D eigenvalue weighted by molar-refractivity contribution is 5.39. The third kappa shape index (κ3) is 4.80. The number of hydrogen-bond acceptors (Lipinski definition) is 4. The van der Waals surface area contributed by atoms with Gasteiger partial charge in [-0.1, -0.05) is 29.8 Å². The Morgan fingerprint density at radius 2 is 1.92 bits per heavy atom. The van der Waals surface area contributed by atoms with Gasteiger partial charge in [-0.15, -0.1) is 0 Å². The zero-order valence-corrected chi connectivity index (χ0v) is 15.3. The molecule has 0 amide bonds. The van der Waals surface area contributed by atoms with Crippen molar-refractivity contribution < 1.29 is 5.11 Å². The van der Waals surface area contributed by atoms with E-state index in [1.165, 1.54) is 22.3 Å². The van der Waals surface area contributed by atoms with E-state index < -0.39 is 0 Å². The molecular formula is C21H29N3O. The Balaban J connectivity index is 1.49. The maximum atomic E-state index is 9.24. The van der Waals surface area contributed by atoms with E-state index in [4.69, 9.17) is 0 Å². The maximum Gasteiger partial charge on any atom is 0.128 e. The number of piperidine rings is 1. The first kappa shape index (κ1) is 17.9. The average molecular weight is 339 g/mol. The zero-order valence-electron chi connectivity index (χ0n) is 15.3. The number of aryl methyl sites for hydroxylation is 2. The summed E-state index contributed by atoms with van der Waals surface area (Å²) in [6, 6.07) is 10.9. The zero-order chi connectivity index (χ0) is 17.6. The van der Waals surface area contributed by atoms with Crippen LogP contribution >= 0.6 is 0 Å². The molecule has 0 bridgehead atoms. The lowest BCUT2D eigenvalue weighted by Gasteiger charge is -2.32. The molecule has 1 saturated heterocycles. The van der Waals surface area contributed by atoms with Crippen molar-refractivity contribution in [1.29, 1.82) is 0 Å². The molecule has 3 rings (SSSR count). The Labute approximate surface area is 150 Å². The van der Waals surface area contributed by atoms with Crippen LogP contribution in [0.25, 0.3) is 0 Å². The van der Waals surface area contributed by atoms with Crippen molar-refractivity contribution in [3.63, 3.8) is 0 Å². The van der Waals surface area contributed by atoms with Gasteiger partial charge in [0.15, 0.2) is 0 Å². The van der Waals surface area contributed by atoms with Crippen LogP contribution in [0.15, 0.2) is 36.5 Å². The number of pyridine rings is 1. The molecule has 2 heterocycles. The molecule has 4 heteroatoms. The number of anilines is 1. The maximum absolute atomic E-state index is 9.24. The predicted octanol–water partition coefficient (Wildman–Crippen LogP) is 3.20. The number of rotatable bonds is 6. The second-order valence-corrected chi connectivity index (χ2v) is 7.17. The van der Waals surface area contributed by atoms with Crippen molar-refractivity contribution in [2.45, 2.75) is 39.8 Å². The van der Waals surface area contributed by atoms with Gasteiger partial charge >= 0.3 is 0 Å². The van der Waals surface area contributed by atoms with Gasteiger partial charge in [0, 0.05) is 39.0 Å². The highest BCUT2D eigenvalue weighted by Crippen LogP contribution is 2.21. The molecule has 1 aromatic heterocycles. The number of nitrogens with zero attached hydrogens (tertiary/aromatic N) is 2. The highest BCUT2D eigenvalue weighted by Gasteiger charge is 2.19. The van der Waals surface area contributed by atoms with Crippen molar-refractivity contribution in [2.24, 2.45) is 5.92 Å². The first-order valence-electron chi connectivity index (χ1n) is 9.23. The molecule has 0 saturated carbocycles. The van der Waals surface area contributed by atoms with E-state index in [0.717, 1.165) is 44.8 Å². The summed E-state index contributed by atoms with van der Waals surface area (Å²) >= 11 is 0. The Morgan fingerprint density at radius 3 is 2.56 bits per heavy atom. The standard InChI is InChI=1S/C21H29N3O/c1-16-3-5-20(17(2)11-16)14-22-12-19-4-6-21(23-13-19)24-9-7-18(15-25)8-10-24/h3-6,11,13,18,22,25H,7-10,12,14-15H2,1-2H3. The van der Waals surface area contributed by atoms with Crippen molar-refractivity contribution in [1.82, 2.24) is 10.3 Å². The lowest BCUT2D eigenvalue weighted by atomic mass is 9.98. The third-order valence-electron chi connectivity index (χ3n) is 5.15. The van der Waals surface area contributed by atoms with Crippen molar-refractivity contribution in [2.75, 3.05) is 24.6 Å². The summed E-state index contributed by atoms with van der Waals surface area (Å²) in [5.74, 6) is 1.51. The van der Waals surface area contributed by atoms with E-state index in [1.54, 1.807) is 0 Å². The van der Waals surface area contributed by atoms with Crippen LogP contribution in [0.4, 0.5) is 5.82 Å². The third-order valence-corrected chi connectivity index (χ3v) is 5.15. The minimum Gasteiger partial charge on any atom is -0.396 e. The molecule has 0 radical (unpaired) electrons. The first-order chi connectivity index (χ1) is 12.2. The van der Waals surface area contributed by atoms with Gasteiger partial charge in [0.2, 0.25) is 0 Å².